The van der Waals surface area contributed by atoms with Gasteiger partial charge >= 0.3 is 0 Å². The third-order valence-electron chi connectivity index (χ3n) is 3.20. The van der Waals surface area contributed by atoms with E-state index in [-0.39, 0.29) is 5.38 Å². The molecule has 0 aliphatic heterocycles. The Labute approximate surface area is 114 Å². The molecule has 0 radical (unpaired) electrons. The second-order valence-electron chi connectivity index (χ2n) is 5.26. The maximum absolute atomic E-state index is 6.24. The molecular formula is C15H21ClN2. The summed E-state index contributed by atoms with van der Waals surface area (Å²) in [5.41, 5.74) is 2.24. The Morgan fingerprint density at radius 1 is 1.22 bits per heavy atom. The average Bonchev–Trinajstić information content (AvgIpc) is 2.68. The van der Waals surface area contributed by atoms with E-state index in [1.54, 1.807) is 0 Å². The molecule has 1 aromatic carbocycles. The summed E-state index contributed by atoms with van der Waals surface area (Å²) >= 11 is 6.24. The zero-order chi connectivity index (χ0) is 13.1. The number of aryl methyl sites for hydroxylation is 1. The monoisotopic (exact) mass is 264 g/mol. The first kappa shape index (κ1) is 13.4. The number of imidazole rings is 1. The zero-order valence-electron chi connectivity index (χ0n) is 11.4. The molecule has 18 heavy (non-hydrogen) atoms. The maximum atomic E-state index is 6.24. The maximum Gasteiger partial charge on any atom is 0.127 e. The summed E-state index contributed by atoms with van der Waals surface area (Å²) in [4.78, 5) is 4.64. The second kappa shape index (κ2) is 5.75. The van der Waals surface area contributed by atoms with Crippen LogP contribution in [0.25, 0.3) is 11.0 Å². The molecule has 0 saturated heterocycles. The molecule has 1 atom stereocenters. The van der Waals surface area contributed by atoms with Crippen LogP contribution in [-0.2, 0) is 6.54 Å². The van der Waals surface area contributed by atoms with E-state index in [0.717, 1.165) is 23.8 Å². The van der Waals surface area contributed by atoms with Gasteiger partial charge in [0.1, 0.15) is 5.82 Å². The molecule has 0 saturated carbocycles. The number of benzene rings is 1. The average molecular weight is 265 g/mol. The molecular weight excluding hydrogens is 244 g/mol. The minimum absolute atomic E-state index is 0.0450. The molecule has 0 aliphatic rings. The second-order valence-corrected chi connectivity index (χ2v) is 5.92. The summed E-state index contributed by atoms with van der Waals surface area (Å²) in [5, 5.41) is -0.0450. The Hall–Kier alpha value is -1.02. The predicted molar refractivity (Wildman–Crippen MR) is 78.1 cm³/mol. The van der Waals surface area contributed by atoms with Gasteiger partial charge in [0.05, 0.1) is 16.4 Å². The topological polar surface area (TPSA) is 17.8 Å². The van der Waals surface area contributed by atoms with Gasteiger partial charge in [-0.2, -0.15) is 0 Å². The molecule has 0 amide bonds. The Bertz CT molecular complexity index is 514. The van der Waals surface area contributed by atoms with Crippen LogP contribution in [0.15, 0.2) is 24.3 Å². The summed E-state index contributed by atoms with van der Waals surface area (Å²) in [6, 6.07) is 8.26. The summed E-state index contributed by atoms with van der Waals surface area (Å²) < 4.78 is 2.27. The molecule has 2 nitrogen and oxygen atoms in total. The molecule has 1 aromatic heterocycles. The number of para-hydroxylation sites is 2. The van der Waals surface area contributed by atoms with Crippen molar-refractivity contribution in [3.8, 4) is 0 Å². The molecule has 98 valence electrons. The van der Waals surface area contributed by atoms with E-state index in [9.17, 15) is 0 Å². The summed E-state index contributed by atoms with van der Waals surface area (Å²) in [6.07, 6.45) is 2.41. The van der Waals surface area contributed by atoms with E-state index in [1.807, 2.05) is 13.0 Å². The van der Waals surface area contributed by atoms with E-state index in [1.165, 1.54) is 18.4 Å². The number of alkyl halides is 1. The molecule has 1 unspecified atom stereocenters. The first-order chi connectivity index (χ1) is 8.59. The Kier molecular flexibility index (Phi) is 4.28. The van der Waals surface area contributed by atoms with Crippen LogP contribution in [0.4, 0.5) is 0 Å². The Balaban J connectivity index is 2.30. The normalized spacial score (nSPS) is 13.4. The van der Waals surface area contributed by atoms with Crippen molar-refractivity contribution in [3.63, 3.8) is 0 Å². The third kappa shape index (κ3) is 2.86. The first-order valence-corrected chi connectivity index (χ1v) is 7.12. The van der Waals surface area contributed by atoms with Gasteiger partial charge in [0.2, 0.25) is 0 Å². The van der Waals surface area contributed by atoms with Crippen LogP contribution in [0.5, 0.6) is 0 Å². The van der Waals surface area contributed by atoms with Crippen molar-refractivity contribution < 1.29 is 0 Å². The van der Waals surface area contributed by atoms with Gasteiger partial charge in [-0.15, -0.1) is 11.6 Å². The van der Waals surface area contributed by atoms with Gasteiger partial charge in [-0.3, -0.25) is 0 Å². The number of hydrogen-bond acceptors (Lipinski definition) is 1. The van der Waals surface area contributed by atoms with Crippen molar-refractivity contribution in [1.82, 2.24) is 9.55 Å². The Morgan fingerprint density at radius 3 is 2.61 bits per heavy atom. The van der Waals surface area contributed by atoms with Gasteiger partial charge in [-0.05, 0) is 37.8 Å². The van der Waals surface area contributed by atoms with Gasteiger partial charge in [0.25, 0.3) is 0 Å². The molecule has 0 N–H and O–H groups in total. The minimum atomic E-state index is -0.0450. The SMILES string of the molecule is CC(C)CCCn1c(C(C)Cl)nc2ccccc21. The molecule has 1 heterocycles. The number of nitrogens with zero attached hydrogens (tertiary/aromatic N) is 2. The number of halogens is 1. The van der Waals surface area contributed by atoms with Gasteiger partial charge in [0, 0.05) is 6.54 Å². The molecule has 0 fully saturated rings. The fourth-order valence-corrected chi connectivity index (χ4v) is 2.46. The lowest BCUT2D eigenvalue weighted by atomic mass is 10.1. The van der Waals surface area contributed by atoms with Gasteiger partial charge < -0.3 is 4.57 Å². The standard InChI is InChI=1S/C15H21ClN2/c1-11(2)7-6-10-18-14-9-5-4-8-13(14)17-15(18)12(3)16/h4-5,8-9,11-12H,6-7,10H2,1-3H3. The fourth-order valence-electron chi connectivity index (χ4n) is 2.29. The van der Waals surface area contributed by atoms with Crippen LogP contribution >= 0.6 is 11.6 Å². The van der Waals surface area contributed by atoms with Crippen LogP contribution in [0.3, 0.4) is 0 Å². The molecule has 2 rings (SSSR count). The van der Waals surface area contributed by atoms with E-state index in [4.69, 9.17) is 11.6 Å². The van der Waals surface area contributed by atoms with Crippen molar-refractivity contribution in [3.05, 3.63) is 30.1 Å². The smallest absolute Gasteiger partial charge is 0.127 e. The van der Waals surface area contributed by atoms with E-state index >= 15 is 0 Å². The van der Waals surface area contributed by atoms with Crippen molar-refractivity contribution in [2.24, 2.45) is 5.92 Å². The minimum Gasteiger partial charge on any atom is -0.327 e. The highest BCUT2D eigenvalue weighted by molar-refractivity contribution is 6.20. The Morgan fingerprint density at radius 2 is 1.94 bits per heavy atom. The lowest BCUT2D eigenvalue weighted by Crippen LogP contribution is -2.05. The highest BCUT2D eigenvalue weighted by atomic mass is 35.5. The number of rotatable bonds is 5. The number of aromatic nitrogens is 2. The third-order valence-corrected chi connectivity index (χ3v) is 3.40. The highest BCUT2D eigenvalue weighted by Gasteiger charge is 2.14. The van der Waals surface area contributed by atoms with Crippen LogP contribution in [0, 0.1) is 5.92 Å². The summed E-state index contributed by atoms with van der Waals surface area (Å²) in [5.74, 6) is 1.73. The molecule has 0 aliphatic carbocycles. The van der Waals surface area contributed by atoms with Crippen LogP contribution in [0.1, 0.15) is 44.8 Å². The summed E-state index contributed by atoms with van der Waals surface area (Å²) in [6.45, 7) is 7.51. The van der Waals surface area contributed by atoms with Crippen molar-refractivity contribution >= 4 is 22.6 Å². The van der Waals surface area contributed by atoms with Crippen LogP contribution in [0.2, 0.25) is 0 Å². The summed E-state index contributed by atoms with van der Waals surface area (Å²) in [7, 11) is 0. The molecule has 0 spiro atoms. The largest absolute Gasteiger partial charge is 0.327 e. The van der Waals surface area contributed by atoms with E-state index < -0.39 is 0 Å². The number of fused-ring (bicyclic) bond motifs is 1. The zero-order valence-corrected chi connectivity index (χ0v) is 12.1. The van der Waals surface area contributed by atoms with E-state index in [2.05, 4.69) is 41.6 Å². The molecule has 2 aromatic rings. The van der Waals surface area contributed by atoms with Crippen molar-refractivity contribution in [1.29, 1.82) is 0 Å². The van der Waals surface area contributed by atoms with Crippen LogP contribution < -0.4 is 0 Å². The fraction of sp³-hybridized carbons (Fsp3) is 0.533. The van der Waals surface area contributed by atoms with Gasteiger partial charge in [-0.1, -0.05) is 26.0 Å². The number of hydrogen-bond donors (Lipinski definition) is 0. The van der Waals surface area contributed by atoms with Crippen LogP contribution in [-0.4, -0.2) is 9.55 Å². The molecule has 0 bridgehead atoms. The predicted octanol–water partition coefficient (Wildman–Crippen LogP) is 4.77. The van der Waals surface area contributed by atoms with Crippen molar-refractivity contribution in [2.75, 3.05) is 0 Å². The molecule has 3 heteroatoms. The van der Waals surface area contributed by atoms with E-state index in [0.29, 0.717) is 0 Å². The highest BCUT2D eigenvalue weighted by Crippen LogP contribution is 2.25. The van der Waals surface area contributed by atoms with Gasteiger partial charge in [-0.25, -0.2) is 4.98 Å². The quantitative estimate of drug-likeness (QED) is 0.711. The van der Waals surface area contributed by atoms with Crippen molar-refractivity contribution in [2.45, 2.75) is 45.5 Å². The van der Waals surface area contributed by atoms with Gasteiger partial charge in [0.15, 0.2) is 0 Å². The first-order valence-electron chi connectivity index (χ1n) is 6.69. The lowest BCUT2D eigenvalue weighted by molar-refractivity contribution is 0.509. The lowest BCUT2D eigenvalue weighted by Gasteiger charge is -2.11.